The van der Waals surface area contributed by atoms with E-state index in [-0.39, 0.29) is 11.9 Å². The number of rotatable bonds is 10. The number of anilines is 2. The van der Waals surface area contributed by atoms with Gasteiger partial charge in [-0.1, -0.05) is 54.1 Å². The molecule has 2 aliphatic rings. The maximum Gasteiger partial charge on any atom is 0.148 e. The second kappa shape index (κ2) is 11.5. The lowest BCUT2D eigenvalue weighted by molar-refractivity contribution is 0.186. The lowest BCUT2D eigenvalue weighted by atomic mass is 9.69. The highest BCUT2D eigenvalue weighted by molar-refractivity contribution is 6.36. The van der Waals surface area contributed by atoms with Crippen molar-refractivity contribution in [3.05, 3.63) is 112 Å². The zero-order valence-electron chi connectivity index (χ0n) is 23.3. The Bertz CT molecular complexity index is 1680. The van der Waals surface area contributed by atoms with Crippen molar-refractivity contribution in [1.82, 2.24) is 21.0 Å². The van der Waals surface area contributed by atoms with E-state index >= 15 is 0 Å². The van der Waals surface area contributed by atoms with Crippen molar-refractivity contribution in [2.45, 2.75) is 30.4 Å². The molecule has 6 rings (SSSR count). The van der Waals surface area contributed by atoms with Crippen LogP contribution in [0.4, 0.5) is 15.8 Å². The molecule has 1 aliphatic carbocycles. The first-order valence-corrected chi connectivity index (χ1v) is 14.2. The van der Waals surface area contributed by atoms with E-state index < -0.39 is 5.44 Å². The summed E-state index contributed by atoms with van der Waals surface area (Å²) in [7, 11) is 3.68. The number of ether oxygens (including phenoxy) is 1. The minimum Gasteiger partial charge on any atom is -0.382 e. The molecule has 1 aliphatic heterocycles. The number of nitrogens with zero attached hydrogens (tertiary/aromatic N) is 3. The number of nitrogens with one attached hydrogen (secondary N) is 4. The average molecular weight is 582 g/mol. The number of hydrazine groups is 2. The molecule has 0 radical (unpaired) electrons. The van der Waals surface area contributed by atoms with Crippen molar-refractivity contribution in [1.29, 1.82) is 5.26 Å². The molecular formula is C31H30BClFN7O. The quantitative estimate of drug-likeness (QED) is 0.196. The van der Waals surface area contributed by atoms with E-state index in [2.05, 4.69) is 37.7 Å². The van der Waals surface area contributed by atoms with Crippen LogP contribution in [0.15, 0.2) is 84.8 Å². The highest BCUT2D eigenvalue weighted by Gasteiger charge is 2.38. The monoisotopic (exact) mass is 581 g/mol. The van der Waals surface area contributed by atoms with Crippen molar-refractivity contribution in [3.8, 4) is 6.07 Å². The van der Waals surface area contributed by atoms with Gasteiger partial charge in [0, 0.05) is 36.6 Å². The molecule has 0 bridgehead atoms. The largest absolute Gasteiger partial charge is 0.382 e. The Morgan fingerprint density at radius 3 is 2.67 bits per heavy atom. The third-order valence-corrected chi connectivity index (χ3v) is 8.07. The van der Waals surface area contributed by atoms with E-state index in [1.54, 1.807) is 19.2 Å². The molecule has 4 N–H and O–H groups in total. The van der Waals surface area contributed by atoms with Gasteiger partial charge in [0.05, 0.1) is 45.6 Å². The summed E-state index contributed by atoms with van der Waals surface area (Å²) in [5.41, 5.74) is 10.8. The molecule has 212 valence electrons. The zero-order valence-corrected chi connectivity index (χ0v) is 24.0. The predicted molar refractivity (Wildman–Crippen MR) is 166 cm³/mol. The van der Waals surface area contributed by atoms with Gasteiger partial charge in [0.25, 0.3) is 0 Å². The zero-order chi connectivity index (χ0) is 29.3. The first-order chi connectivity index (χ1) is 20.4. The molecule has 11 heteroatoms. The Kier molecular flexibility index (Phi) is 7.65. The van der Waals surface area contributed by atoms with Gasteiger partial charge in [0.15, 0.2) is 0 Å². The smallest absolute Gasteiger partial charge is 0.148 e. The Labute approximate surface area is 249 Å². The number of benzene rings is 3. The predicted octanol–water partition coefficient (Wildman–Crippen LogP) is 4.93. The fourth-order valence-corrected chi connectivity index (χ4v) is 5.59. The first kappa shape index (κ1) is 27.9. The minimum absolute atomic E-state index is 0.221. The molecule has 0 spiro atoms. The Morgan fingerprint density at radius 2 is 1.98 bits per heavy atom. The Balaban J connectivity index is 1.44. The van der Waals surface area contributed by atoms with Crippen molar-refractivity contribution in [2.24, 2.45) is 0 Å². The van der Waals surface area contributed by atoms with Crippen LogP contribution in [0.1, 0.15) is 35.6 Å². The van der Waals surface area contributed by atoms with Gasteiger partial charge in [0.1, 0.15) is 19.7 Å². The van der Waals surface area contributed by atoms with Gasteiger partial charge < -0.3 is 20.8 Å². The van der Waals surface area contributed by atoms with Gasteiger partial charge in [-0.05, 0) is 48.2 Å². The average Bonchev–Trinajstić information content (AvgIpc) is 3.73. The maximum absolute atomic E-state index is 13.9. The standard InChI is InChI=1S/C31H30BClFN7O/c1-42-18-27(19-5-3-2-4-6-19)37-29-20(15-35)16-36-30-25(29)13-23(14-26(30)33)38-31(32,21-7-9-22(34)10-8-21)28-17-41(40-39-28)24-11-12-24/h2-10,13-14,16-17,24,27,38-40H,11-12,18,32H2,1H3,(H,36,37)/t27-,31?/m1/s1. The maximum atomic E-state index is 13.9. The van der Waals surface area contributed by atoms with E-state index in [4.69, 9.17) is 16.3 Å². The molecule has 42 heavy (non-hydrogen) atoms. The lowest BCUT2D eigenvalue weighted by Gasteiger charge is -2.34. The van der Waals surface area contributed by atoms with Crippen LogP contribution in [-0.2, 0) is 10.2 Å². The van der Waals surface area contributed by atoms with Crippen LogP contribution in [-0.4, -0.2) is 37.6 Å². The molecule has 1 fully saturated rings. The van der Waals surface area contributed by atoms with Crippen LogP contribution >= 0.6 is 11.6 Å². The number of aromatic nitrogens is 1. The molecule has 1 unspecified atom stereocenters. The second-order valence-corrected chi connectivity index (χ2v) is 11.2. The molecule has 4 aromatic rings. The number of pyridine rings is 1. The van der Waals surface area contributed by atoms with Crippen molar-refractivity contribution < 1.29 is 9.13 Å². The molecule has 1 aromatic heterocycles. The number of fused-ring (bicyclic) bond motifs is 1. The fraction of sp³-hybridized carbons (Fsp3) is 0.226. The molecular weight excluding hydrogens is 552 g/mol. The highest BCUT2D eigenvalue weighted by atomic mass is 35.5. The summed E-state index contributed by atoms with van der Waals surface area (Å²) in [5, 5.41) is 20.4. The van der Waals surface area contributed by atoms with E-state index in [0.717, 1.165) is 29.7 Å². The summed E-state index contributed by atoms with van der Waals surface area (Å²) in [5.74, 6) is -0.309. The lowest BCUT2D eigenvalue weighted by Crippen LogP contribution is -2.45. The molecule has 8 nitrogen and oxygen atoms in total. The number of hydrogen-bond acceptors (Lipinski definition) is 8. The second-order valence-electron chi connectivity index (χ2n) is 10.8. The van der Waals surface area contributed by atoms with Gasteiger partial charge >= 0.3 is 0 Å². The van der Waals surface area contributed by atoms with Crippen LogP contribution in [0, 0.1) is 17.1 Å². The van der Waals surface area contributed by atoms with Crippen molar-refractivity contribution in [3.63, 3.8) is 0 Å². The molecule has 0 saturated heterocycles. The van der Waals surface area contributed by atoms with E-state index in [9.17, 15) is 9.65 Å². The van der Waals surface area contributed by atoms with Gasteiger partial charge in [0.2, 0.25) is 0 Å². The van der Waals surface area contributed by atoms with Gasteiger partial charge in [-0.2, -0.15) is 5.26 Å². The van der Waals surface area contributed by atoms with E-state index in [1.807, 2.05) is 56.5 Å². The highest BCUT2D eigenvalue weighted by Crippen LogP contribution is 2.39. The van der Waals surface area contributed by atoms with E-state index in [0.29, 0.717) is 45.5 Å². The minimum atomic E-state index is -0.794. The summed E-state index contributed by atoms with van der Waals surface area (Å²) in [6, 6.07) is 22.6. The molecule has 0 amide bonds. The number of methoxy groups -OCH3 is 1. The molecule has 3 aromatic carbocycles. The summed E-state index contributed by atoms with van der Waals surface area (Å²) >= 11 is 6.83. The van der Waals surface area contributed by atoms with E-state index in [1.165, 1.54) is 18.3 Å². The Hall–Kier alpha value is -4.30. The summed E-state index contributed by atoms with van der Waals surface area (Å²) in [4.78, 5) is 4.52. The number of nitriles is 1. The third-order valence-electron chi connectivity index (χ3n) is 7.78. The molecule has 2 atom stereocenters. The van der Waals surface area contributed by atoms with Crippen molar-refractivity contribution >= 4 is 41.7 Å². The van der Waals surface area contributed by atoms with Gasteiger partial charge in [-0.3, -0.25) is 9.99 Å². The SMILES string of the molecule is BC(Nc1cc(Cl)c2ncc(C#N)c(N[C@H](COC)c3ccccc3)c2c1)(C1=CN(C2CC2)NN1)c1ccc(F)cc1. The summed E-state index contributed by atoms with van der Waals surface area (Å²) in [6.07, 6.45) is 5.83. The number of hydrogen-bond donors (Lipinski definition) is 4. The molecule has 2 heterocycles. The van der Waals surface area contributed by atoms with Gasteiger partial charge in [-0.25, -0.2) is 4.39 Å². The summed E-state index contributed by atoms with van der Waals surface area (Å²) in [6.45, 7) is 0.386. The fourth-order valence-electron chi connectivity index (χ4n) is 5.32. The topological polar surface area (TPSA) is 97.3 Å². The first-order valence-electron chi connectivity index (χ1n) is 13.8. The van der Waals surface area contributed by atoms with Crippen molar-refractivity contribution in [2.75, 3.05) is 24.4 Å². The molecule has 1 saturated carbocycles. The van der Waals surface area contributed by atoms with Gasteiger partial charge in [-0.15, -0.1) is 5.53 Å². The van der Waals surface area contributed by atoms with Crippen LogP contribution in [0.2, 0.25) is 5.02 Å². The summed E-state index contributed by atoms with van der Waals surface area (Å²) < 4.78 is 19.5. The van der Waals surface area contributed by atoms with Crippen LogP contribution in [0.25, 0.3) is 10.9 Å². The number of halogens is 2. The van der Waals surface area contributed by atoms with Crippen LogP contribution < -0.4 is 21.6 Å². The normalized spacial score (nSPS) is 16.7. The third kappa shape index (κ3) is 5.47. The Morgan fingerprint density at radius 1 is 1.21 bits per heavy atom. The van der Waals surface area contributed by atoms with Crippen LogP contribution in [0.5, 0.6) is 0 Å². The van der Waals surface area contributed by atoms with Crippen LogP contribution in [0.3, 0.4) is 0 Å².